The van der Waals surface area contributed by atoms with Gasteiger partial charge < -0.3 is 20.3 Å². The van der Waals surface area contributed by atoms with Crippen molar-refractivity contribution in [1.29, 1.82) is 0 Å². The summed E-state index contributed by atoms with van der Waals surface area (Å²) < 4.78 is 5.29. The Morgan fingerprint density at radius 3 is 2.79 bits per heavy atom. The number of benzene rings is 1. The predicted octanol–water partition coefficient (Wildman–Crippen LogP) is 2.04. The molecule has 1 heterocycles. The molecule has 2 fully saturated rings. The number of carbonyl (C=O) groups excluding carboxylic acids is 2. The van der Waals surface area contributed by atoms with E-state index in [2.05, 4.69) is 10.6 Å². The van der Waals surface area contributed by atoms with E-state index in [1.165, 1.54) is 19.3 Å². The molecule has 24 heavy (non-hydrogen) atoms. The molecule has 0 spiro atoms. The van der Waals surface area contributed by atoms with E-state index in [0.29, 0.717) is 13.1 Å². The maximum atomic E-state index is 12.4. The molecule has 1 aromatic rings. The Balaban J connectivity index is 1.55. The van der Waals surface area contributed by atoms with Gasteiger partial charge in [0, 0.05) is 18.2 Å². The van der Waals surface area contributed by atoms with E-state index in [0.717, 1.165) is 24.2 Å². The molecule has 6 heteroatoms. The third kappa shape index (κ3) is 3.63. The standard InChI is InChI=1S/C18H25N3O3/c1-24-16-10-6-5-7-13(16)11-19-17(22)15-12-21(18(23)20-15)14-8-3-2-4-9-14/h5-7,10,14-15H,2-4,8-9,11-12H2,1H3,(H,19,22)(H,20,23). The minimum Gasteiger partial charge on any atom is -0.496 e. The highest BCUT2D eigenvalue weighted by molar-refractivity contribution is 5.90. The van der Waals surface area contributed by atoms with Crippen molar-refractivity contribution in [2.75, 3.05) is 13.7 Å². The van der Waals surface area contributed by atoms with E-state index in [-0.39, 0.29) is 18.0 Å². The summed E-state index contributed by atoms with van der Waals surface area (Å²) in [5.41, 5.74) is 0.918. The van der Waals surface area contributed by atoms with Gasteiger partial charge in [-0.15, -0.1) is 0 Å². The molecule has 2 aliphatic rings. The van der Waals surface area contributed by atoms with E-state index in [1.54, 1.807) is 7.11 Å². The molecular weight excluding hydrogens is 306 g/mol. The predicted molar refractivity (Wildman–Crippen MR) is 90.7 cm³/mol. The van der Waals surface area contributed by atoms with Crippen molar-refractivity contribution in [3.63, 3.8) is 0 Å². The zero-order valence-electron chi connectivity index (χ0n) is 14.1. The number of methoxy groups -OCH3 is 1. The van der Waals surface area contributed by atoms with Gasteiger partial charge in [-0.1, -0.05) is 37.5 Å². The Labute approximate surface area is 142 Å². The fraction of sp³-hybridized carbons (Fsp3) is 0.556. The summed E-state index contributed by atoms with van der Waals surface area (Å²) in [7, 11) is 1.61. The number of hydrogen-bond acceptors (Lipinski definition) is 3. The molecule has 3 rings (SSSR count). The van der Waals surface area contributed by atoms with Gasteiger partial charge >= 0.3 is 6.03 Å². The zero-order valence-corrected chi connectivity index (χ0v) is 14.1. The zero-order chi connectivity index (χ0) is 16.9. The molecule has 1 saturated carbocycles. The summed E-state index contributed by atoms with van der Waals surface area (Å²) in [4.78, 5) is 26.4. The van der Waals surface area contributed by atoms with E-state index in [9.17, 15) is 9.59 Å². The van der Waals surface area contributed by atoms with E-state index < -0.39 is 6.04 Å². The summed E-state index contributed by atoms with van der Waals surface area (Å²) in [5, 5.41) is 5.71. The van der Waals surface area contributed by atoms with Crippen LogP contribution in [0.4, 0.5) is 4.79 Å². The number of rotatable bonds is 5. The first-order valence-electron chi connectivity index (χ1n) is 8.66. The molecule has 1 atom stereocenters. The number of amides is 3. The maximum absolute atomic E-state index is 12.4. The molecule has 1 aliphatic carbocycles. The highest BCUT2D eigenvalue weighted by Gasteiger charge is 2.37. The number of carbonyl (C=O) groups is 2. The second kappa shape index (κ2) is 7.55. The molecule has 1 unspecified atom stereocenters. The van der Waals surface area contributed by atoms with Crippen LogP contribution in [0.25, 0.3) is 0 Å². The average molecular weight is 331 g/mol. The number of ether oxygens (including phenoxy) is 1. The fourth-order valence-corrected chi connectivity index (χ4v) is 3.57. The molecule has 6 nitrogen and oxygen atoms in total. The Morgan fingerprint density at radius 1 is 1.29 bits per heavy atom. The quantitative estimate of drug-likeness (QED) is 0.867. The first kappa shape index (κ1) is 16.6. The van der Waals surface area contributed by atoms with Crippen LogP contribution in [0.1, 0.15) is 37.7 Å². The van der Waals surface area contributed by atoms with Crippen molar-refractivity contribution >= 4 is 11.9 Å². The third-order valence-electron chi connectivity index (χ3n) is 4.92. The van der Waals surface area contributed by atoms with Crippen LogP contribution in [0.5, 0.6) is 5.75 Å². The van der Waals surface area contributed by atoms with Crippen LogP contribution >= 0.6 is 0 Å². The van der Waals surface area contributed by atoms with Gasteiger partial charge in [0.1, 0.15) is 11.8 Å². The Kier molecular flexibility index (Phi) is 5.23. The summed E-state index contributed by atoms with van der Waals surface area (Å²) in [6.07, 6.45) is 5.67. The summed E-state index contributed by atoms with van der Waals surface area (Å²) in [6, 6.07) is 7.28. The minimum absolute atomic E-state index is 0.112. The van der Waals surface area contributed by atoms with Crippen molar-refractivity contribution in [1.82, 2.24) is 15.5 Å². The molecule has 1 saturated heterocycles. The lowest BCUT2D eigenvalue weighted by molar-refractivity contribution is -0.122. The van der Waals surface area contributed by atoms with Crippen molar-refractivity contribution < 1.29 is 14.3 Å². The van der Waals surface area contributed by atoms with Gasteiger partial charge in [-0.2, -0.15) is 0 Å². The van der Waals surface area contributed by atoms with Crippen molar-refractivity contribution in [3.05, 3.63) is 29.8 Å². The molecule has 0 radical (unpaired) electrons. The van der Waals surface area contributed by atoms with Gasteiger partial charge in [-0.3, -0.25) is 4.79 Å². The molecule has 3 amide bonds. The molecule has 0 aromatic heterocycles. The summed E-state index contributed by atoms with van der Waals surface area (Å²) in [5.74, 6) is 0.602. The number of para-hydroxylation sites is 1. The monoisotopic (exact) mass is 331 g/mol. The lowest BCUT2D eigenvalue weighted by Crippen LogP contribution is -2.42. The van der Waals surface area contributed by atoms with Crippen LogP contribution in [0, 0.1) is 0 Å². The molecule has 1 aromatic carbocycles. The smallest absolute Gasteiger partial charge is 0.318 e. The molecule has 0 bridgehead atoms. The van der Waals surface area contributed by atoms with Gasteiger partial charge in [-0.05, 0) is 18.9 Å². The summed E-state index contributed by atoms with van der Waals surface area (Å²) >= 11 is 0. The van der Waals surface area contributed by atoms with Crippen molar-refractivity contribution in [2.24, 2.45) is 0 Å². The van der Waals surface area contributed by atoms with Gasteiger partial charge in [0.15, 0.2) is 0 Å². The van der Waals surface area contributed by atoms with E-state index in [4.69, 9.17) is 4.74 Å². The van der Waals surface area contributed by atoms with Crippen LogP contribution in [-0.2, 0) is 11.3 Å². The molecular formula is C18H25N3O3. The maximum Gasteiger partial charge on any atom is 0.318 e. The average Bonchev–Trinajstić information content (AvgIpc) is 3.02. The van der Waals surface area contributed by atoms with E-state index in [1.807, 2.05) is 29.2 Å². The Morgan fingerprint density at radius 2 is 2.04 bits per heavy atom. The first-order chi connectivity index (χ1) is 11.7. The Hall–Kier alpha value is -2.24. The lowest BCUT2D eigenvalue weighted by atomic mass is 9.94. The molecule has 1 aliphatic heterocycles. The number of nitrogens with zero attached hydrogens (tertiary/aromatic N) is 1. The topological polar surface area (TPSA) is 70.7 Å². The number of hydrogen-bond donors (Lipinski definition) is 2. The number of urea groups is 1. The fourth-order valence-electron chi connectivity index (χ4n) is 3.57. The van der Waals surface area contributed by atoms with Crippen LogP contribution in [-0.4, -0.2) is 42.6 Å². The Bertz CT molecular complexity index is 599. The minimum atomic E-state index is -0.478. The van der Waals surface area contributed by atoms with Crippen LogP contribution in [0.3, 0.4) is 0 Å². The van der Waals surface area contributed by atoms with Crippen molar-refractivity contribution in [2.45, 2.75) is 50.7 Å². The highest BCUT2D eigenvalue weighted by atomic mass is 16.5. The van der Waals surface area contributed by atoms with Gasteiger partial charge in [0.2, 0.25) is 5.91 Å². The molecule has 130 valence electrons. The SMILES string of the molecule is COc1ccccc1CNC(=O)C1CN(C2CCCCC2)C(=O)N1. The normalized spacial score (nSPS) is 21.5. The van der Waals surface area contributed by atoms with Crippen molar-refractivity contribution in [3.8, 4) is 5.75 Å². The van der Waals surface area contributed by atoms with Gasteiger partial charge in [0.05, 0.1) is 13.7 Å². The third-order valence-corrected chi connectivity index (χ3v) is 4.92. The van der Waals surface area contributed by atoms with Gasteiger partial charge in [-0.25, -0.2) is 4.79 Å². The van der Waals surface area contributed by atoms with Crippen LogP contribution in [0.2, 0.25) is 0 Å². The van der Waals surface area contributed by atoms with Crippen LogP contribution < -0.4 is 15.4 Å². The highest BCUT2D eigenvalue weighted by Crippen LogP contribution is 2.24. The first-order valence-corrected chi connectivity index (χ1v) is 8.66. The van der Waals surface area contributed by atoms with E-state index >= 15 is 0 Å². The number of nitrogens with one attached hydrogen (secondary N) is 2. The largest absolute Gasteiger partial charge is 0.496 e. The second-order valence-electron chi connectivity index (χ2n) is 6.48. The second-order valence-corrected chi connectivity index (χ2v) is 6.48. The van der Waals surface area contributed by atoms with Gasteiger partial charge in [0.25, 0.3) is 0 Å². The summed E-state index contributed by atoms with van der Waals surface area (Å²) in [6.45, 7) is 0.847. The lowest BCUT2D eigenvalue weighted by Gasteiger charge is -2.30. The van der Waals surface area contributed by atoms with Crippen LogP contribution in [0.15, 0.2) is 24.3 Å². The molecule has 2 N–H and O–H groups in total.